The monoisotopic (exact) mass is 986 g/mol. The Balaban J connectivity index is 1.36. The highest BCUT2D eigenvalue weighted by molar-refractivity contribution is 7.79. The molecular weight excluding hydrogens is 945 g/mol. The van der Waals surface area contributed by atoms with E-state index in [9.17, 15) is 0 Å². The van der Waals surface area contributed by atoms with Crippen LogP contribution < -0.4 is 37.9 Å². The predicted octanol–water partition coefficient (Wildman–Crippen LogP) is 11.7. The highest BCUT2D eigenvalue weighted by atomic mass is 32.1. The average molecular weight is 987 g/mol. The Morgan fingerprint density at radius 2 is 0.548 bits per heavy atom. The van der Waals surface area contributed by atoms with E-state index < -0.39 is 0 Å². The van der Waals surface area contributed by atoms with Gasteiger partial charge in [-0.2, -0.15) is 0 Å². The lowest BCUT2D eigenvalue weighted by atomic mass is 9.98. The zero-order chi connectivity index (χ0) is 50.0. The van der Waals surface area contributed by atoms with E-state index in [4.69, 9.17) is 80.6 Å². The van der Waals surface area contributed by atoms with E-state index in [0.29, 0.717) is 112 Å². The number of methoxy groups -OCH3 is 8. The molecule has 8 aromatic carbocycles. The van der Waals surface area contributed by atoms with E-state index in [1.807, 2.05) is 97.1 Å². The van der Waals surface area contributed by atoms with E-state index in [-0.39, 0.29) is 23.3 Å². The summed E-state index contributed by atoms with van der Waals surface area (Å²) in [4.78, 5) is 36.1. The van der Waals surface area contributed by atoms with Crippen molar-refractivity contribution in [1.82, 2.24) is 38.9 Å². The Morgan fingerprint density at radius 3 is 0.808 bits per heavy atom. The number of ether oxygens (including phenoxy) is 8. The number of aromatic nitrogens is 8. The van der Waals surface area contributed by atoms with Crippen LogP contribution in [0.4, 0.5) is 0 Å². The van der Waals surface area contributed by atoms with E-state index in [2.05, 4.69) is 4.98 Å². The van der Waals surface area contributed by atoms with Crippen LogP contribution in [0.5, 0.6) is 46.0 Å². The summed E-state index contributed by atoms with van der Waals surface area (Å²) in [5.41, 5.74) is 3.45. The van der Waals surface area contributed by atoms with Gasteiger partial charge in [0, 0.05) is 43.1 Å². The Bertz CT molecular complexity index is 4150. The number of H-pyrrole nitrogens is 1. The number of rotatable bonds is 8. The molecular formula is C56H42N8O8S. The Kier molecular flexibility index (Phi) is 9.92. The standard InChI is InChI=1S/C56H42N8O8S/c1-65-41-25-17-9-10-18-26(25)42(66-2)34-33(41)49-57-50(34)59-52-36-38(46(70-6)30-22-14-12-20-28(30)44(36)68-4)54(61-52)63-56-40-39(47(71-7)31-23-15-16-24-32(31)48(40)72-8)55(64(56)73)62-53-37-35(51(58-49)60-53)43(67-3)27-19-11-13-21-29(27)45(37)69-5/h9-24,73H,1-8H3,(H,57,58,59,60,61,62,63). The molecule has 0 spiro atoms. The third kappa shape index (κ3) is 5.90. The first kappa shape index (κ1) is 43.9. The first-order valence-corrected chi connectivity index (χ1v) is 23.4. The van der Waals surface area contributed by atoms with Crippen LogP contribution in [0.1, 0.15) is 0 Å². The maximum atomic E-state index is 6.37. The molecule has 360 valence electrons. The summed E-state index contributed by atoms with van der Waals surface area (Å²) < 4.78 is 52.4. The van der Waals surface area contributed by atoms with Crippen molar-refractivity contribution in [2.45, 2.75) is 0 Å². The molecule has 17 heteroatoms. The summed E-state index contributed by atoms with van der Waals surface area (Å²) in [6, 6.07) is 31.3. The van der Waals surface area contributed by atoms with Gasteiger partial charge in [-0.05, 0) is 0 Å². The molecule has 73 heavy (non-hydrogen) atoms. The van der Waals surface area contributed by atoms with Gasteiger partial charge in [0.25, 0.3) is 0 Å². The van der Waals surface area contributed by atoms with Gasteiger partial charge in [-0.15, -0.1) is 0 Å². The summed E-state index contributed by atoms with van der Waals surface area (Å²) in [6.45, 7) is 0. The van der Waals surface area contributed by atoms with Gasteiger partial charge in [0.1, 0.15) is 57.3 Å². The highest BCUT2D eigenvalue weighted by Gasteiger charge is 2.35. The molecule has 0 saturated carbocycles. The van der Waals surface area contributed by atoms with Crippen LogP contribution in [0.25, 0.3) is 133 Å². The quantitative estimate of drug-likeness (QED) is 0.138. The minimum absolute atomic E-state index is 0.241. The van der Waals surface area contributed by atoms with Crippen LogP contribution in [0.3, 0.4) is 0 Å². The van der Waals surface area contributed by atoms with Crippen molar-refractivity contribution in [1.29, 1.82) is 0 Å². The van der Waals surface area contributed by atoms with Crippen LogP contribution in [-0.2, 0) is 0 Å². The fourth-order valence-corrected chi connectivity index (χ4v) is 11.3. The molecule has 0 radical (unpaired) electrons. The molecule has 0 atom stereocenters. The number of nitrogens with one attached hydrogen (secondary N) is 1. The lowest BCUT2D eigenvalue weighted by molar-refractivity contribution is 0.413. The minimum Gasteiger partial charge on any atom is -0.495 e. The van der Waals surface area contributed by atoms with Gasteiger partial charge in [0.05, 0.1) is 101 Å². The lowest BCUT2D eigenvalue weighted by Crippen LogP contribution is -1.97. The Labute approximate surface area is 420 Å². The van der Waals surface area contributed by atoms with Gasteiger partial charge in [0.15, 0.2) is 34.6 Å². The summed E-state index contributed by atoms with van der Waals surface area (Å²) in [5.74, 6) is 5.07. The topological polar surface area (TPSA) is 172 Å². The van der Waals surface area contributed by atoms with Gasteiger partial charge in [-0.1, -0.05) is 110 Å². The zero-order valence-electron chi connectivity index (χ0n) is 40.6. The molecule has 3 aromatic heterocycles. The van der Waals surface area contributed by atoms with Gasteiger partial charge in [0.2, 0.25) is 0 Å². The SMILES string of the molecule is COc1c2c(c(OC)c3ccccc13)-c1nc-2nc2[nH]c(nc3nc(nc4c5c(OC)c6ccccc6c(OC)c5c(n1)n4S)-c1c-3c(OC)c3ccccc3c1OC)c1c(OC)c3ccccc3c(OC)c21. The Hall–Kier alpha value is -9.09. The second-order valence-electron chi connectivity index (χ2n) is 17.2. The summed E-state index contributed by atoms with van der Waals surface area (Å²) in [6.07, 6.45) is 0. The normalized spacial score (nSPS) is 11.9. The van der Waals surface area contributed by atoms with Gasteiger partial charge < -0.3 is 42.9 Å². The number of nitrogens with zero attached hydrogens (tertiary/aromatic N) is 7. The zero-order valence-corrected chi connectivity index (χ0v) is 41.5. The van der Waals surface area contributed by atoms with Crippen LogP contribution in [0.15, 0.2) is 97.1 Å². The molecule has 11 aromatic rings. The summed E-state index contributed by atoms with van der Waals surface area (Å²) in [5, 5.41) is 8.42. The molecule has 13 rings (SSSR count). The molecule has 2 aliphatic rings. The first-order chi connectivity index (χ1) is 35.8. The van der Waals surface area contributed by atoms with E-state index in [1.54, 1.807) is 60.9 Å². The Morgan fingerprint density at radius 1 is 0.315 bits per heavy atom. The van der Waals surface area contributed by atoms with Gasteiger partial charge in [-0.25, -0.2) is 29.9 Å². The summed E-state index contributed by atoms with van der Waals surface area (Å²) in [7, 11) is 13.0. The predicted molar refractivity (Wildman–Crippen MR) is 287 cm³/mol. The van der Waals surface area contributed by atoms with Crippen molar-refractivity contribution in [2.75, 3.05) is 56.9 Å². The van der Waals surface area contributed by atoms with Crippen molar-refractivity contribution in [3.05, 3.63) is 97.1 Å². The first-order valence-electron chi connectivity index (χ1n) is 23.0. The van der Waals surface area contributed by atoms with Crippen molar-refractivity contribution in [3.8, 4) is 91.5 Å². The molecule has 16 nitrogen and oxygen atoms in total. The van der Waals surface area contributed by atoms with Crippen molar-refractivity contribution in [3.63, 3.8) is 0 Å². The van der Waals surface area contributed by atoms with Gasteiger partial charge in [-0.3, -0.25) is 3.97 Å². The second-order valence-corrected chi connectivity index (χ2v) is 17.6. The molecule has 0 unspecified atom stereocenters. The van der Waals surface area contributed by atoms with E-state index in [0.717, 1.165) is 43.1 Å². The smallest absolute Gasteiger partial charge is 0.168 e. The number of hydrogen-bond donors (Lipinski definition) is 2. The molecule has 0 saturated heterocycles. The van der Waals surface area contributed by atoms with Crippen LogP contribution >= 0.6 is 12.8 Å². The molecule has 2 aliphatic heterocycles. The molecule has 0 amide bonds. The second kappa shape index (κ2) is 16.5. The third-order valence-corrected chi connectivity index (χ3v) is 14.2. The third-order valence-electron chi connectivity index (χ3n) is 13.9. The number of benzene rings is 8. The maximum absolute atomic E-state index is 6.37. The van der Waals surface area contributed by atoms with Crippen LogP contribution in [0.2, 0.25) is 0 Å². The largest absolute Gasteiger partial charge is 0.495 e. The van der Waals surface area contributed by atoms with Crippen LogP contribution in [0, 0.1) is 0 Å². The number of thiol groups is 1. The minimum atomic E-state index is 0.241. The number of hydrogen-bond acceptors (Lipinski definition) is 15. The summed E-state index contributed by atoms with van der Waals surface area (Å²) >= 11 is 5.29. The fraction of sp³-hybridized carbons (Fsp3) is 0.143. The number of aromatic amines is 1. The van der Waals surface area contributed by atoms with E-state index >= 15 is 0 Å². The fourth-order valence-electron chi connectivity index (χ4n) is 11.0. The van der Waals surface area contributed by atoms with Crippen molar-refractivity contribution in [2.24, 2.45) is 0 Å². The van der Waals surface area contributed by atoms with Crippen LogP contribution in [-0.4, -0.2) is 95.7 Å². The van der Waals surface area contributed by atoms with Crippen molar-refractivity contribution < 1.29 is 37.9 Å². The lowest BCUT2D eigenvalue weighted by Gasteiger charge is -2.16. The molecule has 8 bridgehead atoms. The molecule has 5 heterocycles. The molecule has 1 N–H and O–H groups in total. The highest BCUT2D eigenvalue weighted by Crippen LogP contribution is 2.55. The molecule has 0 aliphatic carbocycles. The van der Waals surface area contributed by atoms with E-state index in [1.165, 1.54) is 0 Å². The van der Waals surface area contributed by atoms with Gasteiger partial charge >= 0.3 is 0 Å². The van der Waals surface area contributed by atoms with Crippen molar-refractivity contribution >= 4 is 100 Å². The average Bonchev–Trinajstić information content (AvgIpc) is 4.15. The number of fused-ring (bicyclic) bond motifs is 24. The maximum Gasteiger partial charge on any atom is 0.168 e. The molecule has 0 fully saturated rings.